The van der Waals surface area contributed by atoms with Crippen LogP contribution in [0, 0.1) is 0 Å². The largest absolute Gasteiger partial charge is 0.287 e. The average molecular weight is 386 g/mol. The van der Waals surface area contributed by atoms with E-state index in [4.69, 9.17) is 0 Å². The molecule has 2 aliphatic heterocycles. The Bertz CT molecular complexity index is 1120. The fourth-order valence-corrected chi connectivity index (χ4v) is 3.97. The van der Waals surface area contributed by atoms with Crippen molar-refractivity contribution in [2.45, 2.75) is 32.5 Å². The number of aromatic nitrogens is 4. The molecule has 0 saturated carbocycles. The van der Waals surface area contributed by atoms with Gasteiger partial charge in [-0.2, -0.15) is 10.2 Å². The zero-order valence-corrected chi connectivity index (χ0v) is 16.4. The van der Waals surface area contributed by atoms with E-state index in [0.29, 0.717) is 6.42 Å². The van der Waals surface area contributed by atoms with Crippen molar-refractivity contribution in [3.05, 3.63) is 77.9 Å². The van der Waals surface area contributed by atoms with Crippen molar-refractivity contribution >= 4 is 17.3 Å². The first-order chi connectivity index (χ1) is 14.1. The molecule has 1 aromatic carbocycles. The number of fused-ring (bicyclic) bond motifs is 3. The highest BCUT2D eigenvalue weighted by atomic mass is 16.2. The average Bonchev–Trinajstić information content (AvgIpc) is 3.39. The highest BCUT2D eigenvalue weighted by molar-refractivity contribution is 6.14. The van der Waals surface area contributed by atoms with Gasteiger partial charge in [-0.05, 0) is 31.6 Å². The molecule has 2 aliphatic rings. The first-order valence-corrected chi connectivity index (χ1v) is 9.82. The predicted molar refractivity (Wildman–Crippen MR) is 110 cm³/mol. The molecule has 7 nitrogen and oxygen atoms in total. The van der Waals surface area contributed by atoms with Crippen LogP contribution in [0.25, 0.3) is 5.70 Å². The molecule has 7 heteroatoms. The molecule has 1 atom stereocenters. The number of carbonyl (C=O) groups is 1. The number of hydrogen-bond acceptors (Lipinski definition) is 4. The molecule has 0 fully saturated rings. The summed E-state index contributed by atoms with van der Waals surface area (Å²) in [5.74, 6) is -0.0301. The van der Waals surface area contributed by atoms with Crippen LogP contribution in [0.5, 0.6) is 0 Å². The van der Waals surface area contributed by atoms with Gasteiger partial charge in [-0.1, -0.05) is 24.3 Å². The third kappa shape index (κ3) is 2.99. The summed E-state index contributed by atoms with van der Waals surface area (Å²) in [5.41, 5.74) is 4.82. The highest BCUT2D eigenvalue weighted by Crippen LogP contribution is 2.38. The summed E-state index contributed by atoms with van der Waals surface area (Å²) in [7, 11) is 0. The van der Waals surface area contributed by atoms with Crippen molar-refractivity contribution in [2.24, 2.45) is 4.99 Å². The van der Waals surface area contributed by atoms with Crippen molar-refractivity contribution in [1.29, 1.82) is 0 Å². The monoisotopic (exact) mass is 386 g/mol. The van der Waals surface area contributed by atoms with E-state index in [1.807, 2.05) is 57.1 Å². The molecule has 4 heterocycles. The maximum Gasteiger partial charge on any atom is 0.250 e. The van der Waals surface area contributed by atoms with Gasteiger partial charge < -0.3 is 0 Å². The zero-order valence-electron chi connectivity index (χ0n) is 16.4. The van der Waals surface area contributed by atoms with Gasteiger partial charge in [0.2, 0.25) is 5.91 Å². The van der Waals surface area contributed by atoms with Crippen LogP contribution in [0.2, 0.25) is 0 Å². The third-order valence-corrected chi connectivity index (χ3v) is 5.44. The molecule has 0 saturated heterocycles. The molecule has 0 radical (unpaired) electrons. The molecule has 0 spiro atoms. The van der Waals surface area contributed by atoms with E-state index in [2.05, 4.69) is 41.2 Å². The summed E-state index contributed by atoms with van der Waals surface area (Å²) in [6, 6.07) is 10.4. The molecule has 0 unspecified atom stereocenters. The summed E-state index contributed by atoms with van der Waals surface area (Å²) in [5, 5.41) is 8.85. The minimum absolute atomic E-state index is 0.0301. The number of aliphatic imine (C=N–C) groups is 1. The van der Waals surface area contributed by atoms with Crippen LogP contribution in [0.1, 0.15) is 42.7 Å². The first-order valence-electron chi connectivity index (χ1n) is 9.82. The SMILES string of the molecule is CC(C)n1cc(C2=NCC(=O)N3C(=C2)c2ccccc2C[C@@H]3n2cccn2)cn1. The molecule has 0 aliphatic carbocycles. The molecule has 5 rings (SSSR count). The Morgan fingerprint density at radius 1 is 1.14 bits per heavy atom. The van der Waals surface area contributed by atoms with E-state index < -0.39 is 0 Å². The Morgan fingerprint density at radius 3 is 2.76 bits per heavy atom. The fraction of sp³-hybridized carbons (Fsp3) is 0.273. The Kier molecular flexibility index (Phi) is 4.16. The van der Waals surface area contributed by atoms with E-state index >= 15 is 0 Å². The molecule has 1 amide bonds. The second-order valence-electron chi connectivity index (χ2n) is 7.63. The van der Waals surface area contributed by atoms with Crippen LogP contribution in [0.4, 0.5) is 0 Å². The smallest absolute Gasteiger partial charge is 0.250 e. The van der Waals surface area contributed by atoms with E-state index in [1.54, 1.807) is 6.20 Å². The van der Waals surface area contributed by atoms with Crippen molar-refractivity contribution in [2.75, 3.05) is 6.54 Å². The van der Waals surface area contributed by atoms with Gasteiger partial charge in [0, 0.05) is 42.2 Å². The molecule has 29 heavy (non-hydrogen) atoms. The zero-order chi connectivity index (χ0) is 20.0. The fourth-order valence-electron chi connectivity index (χ4n) is 3.97. The highest BCUT2D eigenvalue weighted by Gasteiger charge is 2.36. The number of amides is 1. The summed E-state index contributed by atoms with van der Waals surface area (Å²) in [4.78, 5) is 19.6. The lowest BCUT2D eigenvalue weighted by Crippen LogP contribution is -2.41. The number of hydrogen-bond donors (Lipinski definition) is 0. The Labute approximate surface area is 169 Å². The number of benzene rings is 1. The number of allylic oxidation sites excluding steroid dienone is 1. The quantitative estimate of drug-likeness (QED) is 0.695. The molecule has 0 bridgehead atoms. The minimum Gasteiger partial charge on any atom is -0.287 e. The predicted octanol–water partition coefficient (Wildman–Crippen LogP) is 3.09. The topological polar surface area (TPSA) is 68.3 Å². The Hall–Kier alpha value is -3.48. The van der Waals surface area contributed by atoms with Gasteiger partial charge in [0.05, 0.1) is 17.6 Å². The van der Waals surface area contributed by atoms with Crippen LogP contribution in [-0.4, -0.2) is 42.6 Å². The van der Waals surface area contributed by atoms with Crippen molar-refractivity contribution in [1.82, 2.24) is 24.5 Å². The molecule has 3 aromatic rings. The normalized spacial score (nSPS) is 18.8. The van der Waals surface area contributed by atoms with Crippen molar-refractivity contribution < 1.29 is 4.79 Å². The standard InChI is InChI=1S/C22H22N6O/c1-15(2)27-14-17(12-25-27)19-11-20-18-7-4-3-6-16(18)10-21(26-9-5-8-24-26)28(20)22(29)13-23-19/h3-9,11-12,14-15,21H,10,13H2,1-2H3/t21-/m1/s1. The van der Waals surface area contributed by atoms with Gasteiger partial charge >= 0.3 is 0 Å². The van der Waals surface area contributed by atoms with Gasteiger partial charge in [0.25, 0.3) is 0 Å². The molecule has 2 aromatic heterocycles. The van der Waals surface area contributed by atoms with Crippen LogP contribution >= 0.6 is 0 Å². The van der Waals surface area contributed by atoms with Crippen LogP contribution in [0.3, 0.4) is 0 Å². The van der Waals surface area contributed by atoms with Crippen molar-refractivity contribution in [3.63, 3.8) is 0 Å². The number of carbonyl (C=O) groups excluding carboxylic acids is 1. The van der Waals surface area contributed by atoms with Gasteiger partial charge in [-0.15, -0.1) is 0 Å². The van der Waals surface area contributed by atoms with Crippen LogP contribution < -0.4 is 0 Å². The third-order valence-electron chi connectivity index (χ3n) is 5.44. The van der Waals surface area contributed by atoms with E-state index in [-0.39, 0.29) is 24.7 Å². The molecule has 0 N–H and O–H groups in total. The van der Waals surface area contributed by atoms with Gasteiger partial charge in [-0.25, -0.2) is 4.68 Å². The van der Waals surface area contributed by atoms with Crippen LogP contribution in [0.15, 0.2) is 66.2 Å². The minimum atomic E-state index is -0.202. The molecule has 146 valence electrons. The molecular formula is C22H22N6O. The Morgan fingerprint density at radius 2 is 2.00 bits per heavy atom. The summed E-state index contributed by atoms with van der Waals surface area (Å²) in [6.07, 6.45) is 9.97. The van der Waals surface area contributed by atoms with E-state index in [9.17, 15) is 4.79 Å². The molecular weight excluding hydrogens is 364 g/mol. The van der Waals surface area contributed by atoms with E-state index in [0.717, 1.165) is 22.5 Å². The summed E-state index contributed by atoms with van der Waals surface area (Å²) in [6.45, 7) is 4.27. The Balaban J connectivity index is 1.65. The van der Waals surface area contributed by atoms with E-state index in [1.165, 1.54) is 5.56 Å². The number of rotatable bonds is 3. The number of nitrogens with zero attached hydrogens (tertiary/aromatic N) is 6. The van der Waals surface area contributed by atoms with Crippen LogP contribution in [-0.2, 0) is 11.2 Å². The maximum absolute atomic E-state index is 13.2. The van der Waals surface area contributed by atoms with Gasteiger partial charge in [0.1, 0.15) is 12.7 Å². The lowest BCUT2D eigenvalue weighted by molar-refractivity contribution is -0.130. The second kappa shape index (κ2) is 6.84. The lowest BCUT2D eigenvalue weighted by Gasteiger charge is -2.38. The second-order valence-corrected chi connectivity index (χ2v) is 7.63. The van der Waals surface area contributed by atoms with Gasteiger partial charge in [-0.3, -0.25) is 19.4 Å². The lowest BCUT2D eigenvalue weighted by atomic mass is 9.93. The summed E-state index contributed by atoms with van der Waals surface area (Å²) >= 11 is 0. The van der Waals surface area contributed by atoms with Crippen molar-refractivity contribution in [3.8, 4) is 0 Å². The maximum atomic E-state index is 13.2. The van der Waals surface area contributed by atoms with Gasteiger partial charge in [0.15, 0.2) is 0 Å². The first kappa shape index (κ1) is 17.6. The summed E-state index contributed by atoms with van der Waals surface area (Å²) < 4.78 is 3.76.